The number of piperidine rings is 1. The van der Waals surface area contributed by atoms with Crippen molar-refractivity contribution in [2.45, 2.75) is 72.4 Å². The van der Waals surface area contributed by atoms with Crippen LogP contribution in [0.15, 0.2) is 0 Å². The van der Waals surface area contributed by atoms with Gasteiger partial charge in [-0.3, -0.25) is 4.79 Å². The van der Waals surface area contributed by atoms with Crippen molar-refractivity contribution in [2.75, 3.05) is 19.7 Å². The van der Waals surface area contributed by atoms with Gasteiger partial charge in [0.25, 0.3) is 0 Å². The van der Waals surface area contributed by atoms with Crippen molar-refractivity contribution in [3.05, 3.63) is 0 Å². The topological polar surface area (TPSA) is 52.6 Å². The van der Waals surface area contributed by atoms with Crippen molar-refractivity contribution in [1.29, 1.82) is 0 Å². The lowest BCUT2D eigenvalue weighted by Gasteiger charge is -2.36. The molecule has 0 spiro atoms. The van der Waals surface area contributed by atoms with E-state index in [0.717, 1.165) is 32.4 Å². The molecule has 1 amide bonds. The highest BCUT2D eigenvalue weighted by atomic mass is 16.3. The van der Waals surface area contributed by atoms with Crippen molar-refractivity contribution in [1.82, 2.24) is 10.2 Å². The summed E-state index contributed by atoms with van der Waals surface area (Å²) in [6.45, 7) is 12.7. The Labute approximate surface area is 130 Å². The van der Waals surface area contributed by atoms with E-state index in [2.05, 4.69) is 39.9 Å². The van der Waals surface area contributed by atoms with Crippen molar-refractivity contribution in [3.63, 3.8) is 0 Å². The number of aliphatic hydroxyl groups is 1. The molecule has 1 rings (SSSR count). The van der Waals surface area contributed by atoms with E-state index in [1.54, 1.807) is 0 Å². The van der Waals surface area contributed by atoms with Gasteiger partial charge in [0.15, 0.2) is 0 Å². The number of aliphatic hydroxyl groups excluding tert-OH is 1. The van der Waals surface area contributed by atoms with E-state index in [-0.39, 0.29) is 17.9 Å². The summed E-state index contributed by atoms with van der Waals surface area (Å²) in [4.78, 5) is 14.2. The first-order valence-corrected chi connectivity index (χ1v) is 8.37. The number of carbonyl (C=O) groups is 1. The minimum Gasteiger partial charge on any atom is -0.396 e. The molecule has 1 aliphatic rings. The Morgan fingerprint density at radius 2 is 1.86 bits per heavy atom. The molecule has 21 heavy (non-hydrogen) atoms. The van der Waals surface area contributed by atoms with Crippen molar-refractivity contribution in [2.24, 2.45) is 11.3 Å². The van der Waals surface area contributed by atoms with Gasteiger partial charge in [0.1, 0.15) is 0 Å². The van der Waals surface area contributed by atoms with Gasteiger partial charge >= 0.3 is 0 Å². The number of nitrogens with zero attached hydrogens (tertiary/aromatic N) is 1. The predicted octanol–water partition coefficient (Wildman–Crippen LogP) is 2.41. The Bertz CT molecular complexity index is 315. The lowest BCUT2D eigenvalue weighted by Crippen LogP contribution is -2.49. The third-order valence-corrected chi connectivity index (χ3v) is 4.22. The fraction of sp³-hybridized carbons (Fsp3) is 0.941. The zero-order valence-corrected chi connectivity index (χ0v) is 14.5. The Morgan fingerprint density at radius 1 is 1.29 bits per heavy atom. The van der Waals surface area contributed by atoms with Crippen LogP contribution in [-0.2, 0) is 4.79 Å². The van der Waals surface area contributed by atoms with Crippen LogP contribution in [0.3, 0.4) is 0 Å². The summed E-state index contributed by atoms with van der Waals surface area (Å²) in [7, 11) is 0. The summed E-state index contributed by atoms with van der Waals surface area (Å²) >= 11 is 0. The van der Waals surface area contributed by atoms with E-state index in [1.165, 1.54) is 0 Å². The molecule has 4 heteroatoms. The molecule has 0 aromatic heterocycles. The third-order valence-electron chi connectivity index (χ3n) is 4.22. The summed E-state index contributed by atoms with van der Waals surface area (Å²) in [6.07, 6.45) is 3.47. The largest absolute Gasteiger partial charge is 0.396 e. The Hall–Kier alpha value is -0.610. The molecule has 0 saturated carbocycles. The molecular weight excluding hydrogens is 264 g/mol. The van der Waals surface area contributed by atoms with Gasteiger partial charge in [0, 0.05) is 38.2 Å². The average Bonchev–Trinajstić information content (AvgIpc) is 2.36. The van der Waals surface area contributed by atoms with Crippen LogP contribution in [0, 0.1) is 11.3 Å². The highest BCUT2D eigenvalue weighted by Crippen LogP contribution is 2.22. The molecular formula is C17H34N2O2. The van der Waals surface area contributed by atoms with Crippen molar-refractivity contribution in [3.8, 4) is 0 Å². The summed E-state index contributed by atoms with van der Waals surface area (Å²) in [6, 6.07) is 0.847. The van der Waals surface area contributed by atoms with Gasteiger partial charge in [-0.05, 0) is 30.6 Å². The standard InChI is InChI=1S/C17H34N2O2/c1-13(2)15(8-11-20)18-14-6-9-19(10-7-14)16(21)12-17(3,4)5/h13-15,18,20H,6-12H2,1-5H3. The molecule has 124 valence electrons. The van der Waals surface area contributed by atoms with Crippen LogP contribution >= 0.6 is 0 Å². The first-order valence-electron chi connectivity index (χ1n) is 8.37. The van der Waals surface area contributed by atoms with Gasteiger partial charge in [0.2, 0.25) is 5.91 Å². The van der Waals surface area contributed by atoms with Gasteiger partial charge in [-0.2, -0.15) is 0 Å². The van der Waals surface area contributed by atoms with E-state index in [0.29, 0.717) is 24.4 Å². The highest BCUT2D eigenvalue weighted by molar-refractivity contribution is 5.76. The minimum absolute atomic E-state index is 0.0655. The molecule has 0 aromatic carbocycles. The highest BCUT2D eigenvalue weighted by Gasteiger charge is 2.27. The molecule has 1 saturated heterocycles. The van der Waals surface area contributed by atoms with Gasteiger partial charge in [0.05, 0.1) is 0 Å². The number of carbonyl (C=O) groups excluding carboxylic acids is 1. The molecule has 1 unspecified atom stereocenters. The maximum absolute atomic E-state index is 12.2. The van der Waals surface area contributed by atoms with Gasteiger partial charge in [-0.1, -0.05) is 34.6 Å². The molecule has 1 aliphatic heterocycles. The second-order valence-corrected chi connectivity index (χ2v) is 7.92. The van der Waals surface area contributed by atoms with Gasteiger partial charge in [-0.15, -0.1) is 0 Å². The van der Waals surface area contributed by atoms with Crippen LogP contribution in [0.25, 0.3) is 0 Å². The van der Waals surface area contributed by atoms with E-state index in [9.17, 15) is 4.79 Å². The van der Waals surface area contributed by atoms with Crippen LogP contribution in [-0.4, -0.2) is 47.7 Å². The summed E-state index contributed by atoms with van der Waals surface area (Å²) in [5.41, 5.74) is 0.0655. The first-order chi connectivity index (χ1) is 9.73. The predicted molar refractivity (Wildman–Crippen MR) is 87.1 cm³/mol. The molecule has 0 radical (unpaired) electrons. The molecule has 0 aromatic rings. The van der Waals surface area contributed by atoms with Gasteiger partial charge in [-0.25, -0.2) is 0 Å². The van der Waals surface area contributed by atoms with E-state index in [4.69, 9.17) is 5.11 Å². The summed E-state index contributed by atoms with van der Waals surface area (Å²) in [5, 5.41) is 12.8. The first kappa shape index (κ1) is 18.4. The molecule has 2 N–H and O–H groups in total. The second kappa shape index (κ2) is 8.14. The smallest absolute Gasteiger partial charge is 0.223 e. The van der Waals surface area contributed by atoms with E-state index < -0.39 is 0 Å². The number of nitrogens with one attached hydrogen (secondary N) is 1. The number of likely N-dealkylation sites (tertiary alicyclic amines) is 1. The second-order valence-electron chi connectivity index (χ2n) is 7.92. The van der Waals surface area contributed by atoms with Crippen LogP contribution < -0.4 is 5.32 Å². The molecule has 0 bridgehead atoms. The molecule has 0 aliphatic carbocycles. The number of hydrogen-bond acceptors (Lipinski definition) is 3. The van der Waals surface area contributed by atoms with Crippen LogP contribution in [0.1, 0.15) is 60.3 Å². The lowest BCUT2D eigenvalue weighted by molar-refractivity contribution is -0.134. The zero-order valence-electron chi connectivity index (χ0n) is 14.5. The Balaban J connectivity index is 2.39. The average molecular weight is 298 g/mol. The number of amides is 1. The minimum atomic E-state index is 0.0655. The third kappa shape index (κ3) is 6.79. The molecule has 1 heterocycles. The summed E-state index contributed by atoms with van der Waals surface area (Å²) < 4.78 is 0. The quantitative estimate of drug-likeness (QED) is 0.792. The summed E-state index contributed by atoms with van der Waals surface area (Å²) in [5.74, 6) is 0.814. The van der Waals surface area contributed by atoms with Gasteiger partial charge < -0.3 is 15.3 Å². The SMILES string of the molecule is CC(C)C(CCO)NC1CCN(C(=O)CC(C)(C)C)CC1. The molecule has 1 fully saturated rings. The monoisotopic (exact) mass is 298 g/mol. The lowest BCUT2D eigenvalue weighted by atomic mass is 9.91. The van der Waals surface area contributed by atoms with Crippen LogP contribution in [0.2, 0.25) is 0 Å². The zero-order chi connectivity index (χ0) is 16.0. The fourth-order valence-corrected chi connectivity index (χ4v) is 2.91. The van der Waals surface area contributed by atoms with Crippen LogP contribution in [0.4, 0.5) is 0 Å². The maximum Gasteiger partial charge on any atom is 0.223 e. The van der Waals surface area contributed by atoms with Crippen molar-refractivity contribution < 1.29 is 9.90 Å². The maximum atomic E-state index is 12.2. The Kier molecular flexibility index (Phi) is 7.14. The molecule has 1 atom stereocenters. The number of rotatable bonds is 6. The van der Waals surface area contributed by atoms with Crippen LogP contribution in [0.5, 0.6) is 0 Å². The molecule has 4 nitrogen and oxygen atoms in total. The fourth-order valence-electron chi connectivity index (χ4n) is 2.91. The normalized spacial score (nSPS) is 19.1. The van der Waals surface area contributed by atoms with Crippen molar-refractivity contribution >= 4 is 5.91 Å². The Morgan fingerprint density at radius 3 is 2.29 bits per heavy atom. The number of hydrogen-bond donors (Lipinski definition) is 2. The van der Waals surface area contributed by atoms with E-state index in [1.807, 2.05) is 4.90 Å². The van der Waals surface area contributed by atoms with E-state index >= 15 is 0 Å².